The van der Waals surface area contributed by atoms with Gasteiger partial charge in [-0.25, -0.2) is 0 Å². The zero-order valence-corrected chi connectivity index (χ0v) is 38.6. The van der Waals surface area contributed by atoms with Crippen LogP contribution in [-0.2, 0) is 5.41 Å². The van der Waals surface area contributed by atoms with Crippen LogP contribution in [0.3, 0.4) is 0 Å². The summed E-state index contributed by atoms with van der Waals surface area (Å²) in [7, 11) is 0. The lowest BCUT2D eigenvalue weighted by molar-refractivity contribution is 0.766. The van der Waals surface area contributed by atoms with Gasteiger partial charge in [0.1, 0.15) is 0 Å². The predicted octanol–water partition coefficient (Wildman–Crippen LogP) is 18.0. The van der Waals surface area contributed by atoms with Gasteiger partial charge in [-0.2, -0.15) is 0 Å². The number of benzene rings is 11. The number of hydrogen-bond acceptors (Lipinski definition) is 4. The SMILES string of the molecule is Cc1ccc(C2(c3ccc(C)cc3)c3ccccc3-c3cc4c(cc32)N(c2ccc3c5ccc(N6c7ccccc7Sc7ccccc76)cc5c5ccccc5c3c2)c2ccccc2S4)cc1. The smallest absolute Gasteiger partial charge is 0.0714 e. The molecular weight excluding hydrogens is 849 g/mol. The molecule has 0 bridgehead atoms. The highest BCUT2D eigenvalue weighted by Gasteiger charge is 2.47. The third kappa shape index (κ3) is 5.67. The molecule has 0 spiro atoms. The summed E-state index contributed by atoms with van der Waals surface area (Å²) < 4.78 is 0. The second kappa shape index (κ2) is 14.8. The molecule has 316 valence electrons. The van der Waals surface area contributed by atoms with Gasteiger partial charge in [-0.05, 0) is 152 Å². The molecule has 1 aliphatic carbocycles. The Bertz CT molecular complexity index is 3740. The van der Waals surface area contributed by atoms with E-state index >= 15 is 0 Å². The lowest BCUT2D eigenvalue weighted by Crippen LogP contribution is -2.29. The molecule has 11 aromatic carbocycles. The lowest BCUT2D eigenvalue weighted by atomic mass is 9.67. The van der Waals surface area contributed by atoms with Gasteiger partial charge in [0.2, 0.25) is 0 Å². The van der Waals surface area contributed by atoms with Crippen LogP contribution < -0.4 is 9.80 Å². The van der Waals surface area contributed by atoms with Gasteiger partial charge in [0.25, 0.3) is 0 Å². The molecule has 0 fully saturated rings. The van der Waals surface area contributed by atoms with Crippen LogP contribution in [-0.4, -0.2) is 0 Å². The molecular formula is C63H42N2S2. The molecule has 0 saturated heterocycles. The molecule has 14 rings (SSSR count). The Morgan fingerprint density at radius 1 is 0.313 bits per heavy atom. The van der Waals surface area contributed by atoms with Gasteiger partial charge < -0.3 is 9.80 Å². The second-order valence-electron chi connectivity index (χ2n) is 18.2. The number of para-hydroxylation sites is 3. The first-order valence-electron chi connectivity index (χ1n) is 23.1. The largest absolute Gasteiger partial charge is 0.308 e. The molecule has 0 unspecified atom stereocenters. The van der Waals surface area contributed by atoms with Crippen LogP contribution in [0.4, 0.5) is 34.1 Å². The topological polar surface area (TPSA) is 6.48 Å². The minimum absolute atomic E-state index is 0.510. The standard InChI is InChI=1S/C63H42N2S2/c1-39-23-27-41(28-24-39)63(42-29-25-40(2)26-30-42)53-16-6-5-15-49(53)52-37-62-58(38-54(52)63)65(57-19-9-12-22-61(57)67-62)44-32-34-48-47-33-31-43(35-50(47)45-13-3-4-14-46(45)51(48)36-44)64-55-17-7-10-20-59(55)66-60-21-11-8-18-56(60)64/h3-38H,1-2H3. The Morgan fingerprint density at radius 3 is 1.28 bits per heavy atom. The summed E-state index contributed by atoms with van der Waals surface area (Å²) in [5.74, 6) is 0. The van der Waals surface area contributed by atoms with Crippen molar-refractivity contribution in [2.75, 3.05) is 9.80 Å². The maximum absolute atomic E-state index is 2.53. The van der Waals surface area contributed by atoms with Crippen molar-refractivity contribution < 1.29 is 0 Å². The van der Waals surface area contributed by atoms with Crippen LogP contribution in [0.5, 0.6) is 0 Å². The Kier molecular flexibility index (Phi) is 8.53. The fraction of sp³-hybridized carbons (Fsp3) is 0.0476. The Labute approximate surface area is 399 Å². The summed E-state index contributed by atoms with van der Waals surface area (Å²) >= 11 is 3.73. The van der Waals surface area contributed by atoms with Gasteiger partial charge in [-0.3, -0.25) is 0 Å². The van der Waals surface area contributed by atoms with Crippen LogP contribution in [0.15, 0.2) is 238 Å². The summed E-state index contributed by atoms with van der Waals surface area (Å²) in [6.45, 7) is 4.36. The Balaban J connectivity index is 0.988. The number of anilines is 6. The minimum Gasteiger partial charge on any atom is -0.308 e. The summed E-state index contributed by atoms with van der Waals surface area (Å²) in [5.41, 5.74) is 16.9. The molecule has 4 heteroatoms. The quantitative estimate of drug-likeness (QED) is 0.162. The van der Waals surface area contributed by atoms with E-state index in [2.05, 4.69) is 242 Å². The second-order valence-corrected chi connectivity index (χ2v) is 20.3. The molecule has 0 radical (unpaired) electrons. The van der Waals surface area contributed by atoms with Gasteiger partial charge in [0.15, 0.2) is 0 Å². The van der Waals surface area contributed by atoms with Gasteiger partial charge in [0.05, 0.1) is 28.2 Å². The zero-order chi connectivity index (χ0) is 44.4. The van der Waals surface area contributed by atoms with E-state index < -0.39 is 5.41 Å². The van der Waals surface area contributed by atoms with E-state index in [4.69, 9.17) is 0 Å². The fourth-order valence-electron chi connectivity index (χ4n) is 11.4. The highest BCUT2D eigenvalue weighted by molar-refractivity contribution is 8.00. The van der Waals surface area contributed by atoms with E-state index in [1.54, 1.807) is 0 Å². The average molecular weight is 891 g/mol. The van der Waals surface area contributed by atoms with Crippen molar-refractivity contribution in [1.29, 1.82) is 0 Å². The molecule has 67 heavy (non-hydrogen) atoms. The number of nitrogens with zero attached hydrogens (tertiary/aromatic N) is 2. The van der Waals surface area contributed by atoms with E-state index in [0.29, 0.717) is 0 Å². The van der Waals surface area contributed by atoms with Crippen LogP contribution >= 0.6 is 23.5 Å². The molecule has 2 nitrogen and oxygen atoms in total. The van der Waals surface area contributed by atoms with Crippen LogP contribution in [0.1, 0.15) is 33.4 Å². The number of fused-ring (bicyclic) bond motifs is 13. The fourth-order valence-corrected chi connectivity index (χ4v) is 13.5. The van der Waals surface area contributed by atoms with Gasteiger partial charge in [-0.1, -0.05) is 180 Å². The van der Waals surface area contributed by atoms with Gasteiger partial charge in [-0.15, -0.1) is 0 Å². The monoisotopic (exact) mass is 890 g/mol. The highest BCUT2D eigenvalue weighted by atomic mass is 32.2. The molecule has 0 N–H and O–H groups in total. The van der Waals surface area contributed by atoms with Crippen molar-refractivity contribution in [1.82, 2.24) is 0 Å². The van der Waals surface area contributed by atoms with E-state index in [1.807, 2.05) is 23.5 Å². The molecule has 3 aliphatic rings. The van der Waals surface area contributed by atoms with Crippen molar-refractivity contribution in [2.24, 2.45) is 0 Å². The summed E-state index contributed by atoms with van der Waals surface area (Å²) in [4.78, 5) is 10.0. The van der Waals surface area contributed by atoms with Crippen molar-refractivity contribution in [2.45, 2.75) is 38.8 Å². The first kappa shape index (κ1) is 38.7. The molecule has 0 atom stereocenters. The van der Waals surface area contributed by atoms with E-state index in [9.17, 15) is 0 Å². The molecule has 0 amide bonds. The molecule has 2 heterocycles. The molecule has 2 aliphatic heterocycles. The van der Waals surface area contributed by atoms with E-state index in [0.717, 1.165) is 11.4 Å². The maximum atomic E-state index is 2.53. The van der Waals surface area contributed by atoms with Crippen LogP contribution in [0.25, 0.3) is 43.4 Å². The summed E-state index contributed by atoms with van der Waals surface area (Å²) in [5, 5.41) is 7.51. The average Bonchev–Trinajstić information content (AvgIpc) is 3.66. The Hall–Kier alpha value is -7.50. The summed E-state index contributed by atoms with van der Waals surface area (Å²) in [6, 6.07) is 82.4. The van der Waals surface area contributed by atoms with Crippen LogP contribution in [0.2, 0.25) is 0 Å². The Morgan fingerprint density at radius 2 is 0.746 bits per heavy atom. The van der Waals surface area contributed by atoms with Crippen molar-refractivity contribution in [3.8, 4) is 11.1 Å². The zero-order valence-electron chi connectivity index (χ0n) is 37.0. The van der Waals surface area contributed by atoms with Crippen LogP contribution in [0, 0.1) is 13.8 Å². The normalized spacial score (nSPS) is 14.1. The van der Waals surface area contributed by atoms with Crippen molar-refractivity contribution in [3.05, 3.63) is 252 Å². The van der Waals surface area contributed by atoms with Gasteiger partial charge in [0, 0.05) is 31.0 Å². The minimum atomic E-state index is -0.510. The van der Waals surface area contributed by atoms with Crippen molar-refractivity contribution >= 4 is 90.0 Å². The summed E-state index contributed by atoms with van der Waals surface area (Å²) in [6.07, 6.45) is 0. The van der Waals surface area contributed by atoms with E-state index in [1.165, 1.54) is 119 Å². The third-order valence-electron chi connectivity index (χ3n) is 14.4. The highest BCUT2D eigenvalue weighted by Crippen LogP contribution is 2.61. The molecule has 11 aromatic rings. The maximum Gasteiger partial charge on any atom is 0.0714 e. The number of hydrogen-bond donors (Lipinski definition) is 0. The first-order chi connectivity index (χ1) is 33.0. The number of rotatable bonds is 4. The van der Waals surface area contributed by atoms with Crippen molar-refractivity contribution in [3.63, 3.8) is 0 Å². The van der Waals surface area contributed by atoms with E-state index in [-0.39, 0.29) is 0 Å². The van der Waals surface area contributed by atoms with Gasteiger partial charge >= 0.3 is 0 Å². The number of aryl methyl sites for hydroxylation is 2. The lowest BCUT2D eigenvalue weighted by Gasteiger charge is -2.37. The predicted molar refractivity (Wildman–Crippen MR) is 283 cm³/mol. The third-order valence-corrected chi connectivity index (χ3v) is 16.7. The molecule has 0 saturated carbocycles. The first-order valence-corrected chi connectivity index (χ1v) is 24.7. The molecule has 0 aromatic heterocycles.